The van der Waals surface area contributed by atoms with Crippen LogP contribution < -0.4 is 10.2 Å². The van der Waals surface area contributed by atoms with E-state index in [4.69, 9.17) is 0 Å². The molecule has 1 amide bonds. The van der Waals surface area contributed by atoms with E-state index >= 15 is 0 Å². The summed E-state index contributed by atoms with van der Waals surface area (Å²) in [6.07, 6.45) is -0.0373. The van der Waals surface area contributed by atoms with Gasteiger partial charge in [-0.2, -0.15) is 13.2 Å². The van der Waals surface area contributed by atoms with Gasteiger partial charge in [-0.05, 0) is 44.2 Å². The summed E-state index contributed by atoms with van der Waals surface area (Å²) in [7, 11) is 0. The molecule has 2 aliphatic heterocycles. The molecule has 0 spiro atoms. The standard InChI is InChI=1S/C23H30F3N5O2/c1-14-11-16(29-22(33)15(2)30-9-5-17(32)6-10-30)13-31(12-14)19-4-3-18(23(24,25)26)20-21(19)28-8-7-27-20/h3-4,7-8,14-17,32H,5-6,9-13H2,1-2H3,(H,29,33)/t14-,15?,16+/m0/s1. The third-order valence-electron chi connectivity index (χ3n) is 6.68. The lowest BCUT2D eigenvalue weighted by atomic mass is 9.94. The van der Waals surface area contributed by atoms with Crippen molar-refractivity contribution in [3.05, 3.63) is 30.1 Å². The number of alkyl halides is 3. The first kappa shape index (κ1) is 23.7. The number of hydrogen-bond donors (Lipinski definition) is 2. The topological polar surface area (TPSA) is 81.6 Å². The zero-order valence-corrected chi connectivity index (χ0v) is 18.8. The number of likely N-dealkylation sites (tertiary alicyclic amines) is 1. The van der Waals surface area contributed by atoms with Crippen LogP contribution in [0, 0.1) is 5.92 Å². The van der Waals surface area contributed by atoms with Gasteiger partial charge in [0.05, 0.1) is 23.4 Å². The van der Waals surface area contributed by atoms with E-state index in [0.29, 0.717) is 44.7 Å². The quantitative estimate of drug-likeness (QED) is 0.723. The van der Waals surface area contributed by atoms with Crippen LogP contribution in [-0.2, 0) is 11.0 Å². The van der Waals surface area contributed by atoms with Gasteiger partial charge in [-0.15, -0.1) is 0 Å². The molecule has 2 saturated heterocycles. The Balaban J connectivity index is 1.51. The molecule has 2 N–H and O–H groups in total. The van der Waals surface area contributed by atoms with Crippen molar-refractivity contribution in [1.82, 2.24) is 20.2 Å². The number of aliphatic hydroxyl groups excluding tert-OH is 1. The molecule has 2 aliphatic rings. The molecular weight excluding hydrogens is 435 g/mol. The Morgan fingerprint density at radius 2 is 1.82 bits per heavy atom. The second-order valence-corrected chi connectivity index (χ2v) is 9.28. The van der Waals surface area contributed by atoms with Gasteiger partial charge in [0.15, 0.2) is 0 Å². The lowest BCUT2D eigenvalue weighted by Crippen LogP contribution is -2.55. The molecule has 7 nitrogen and oxygen atoms in total. The minimum absolute atomic E-state index is 0.0671. The molecule has 33 heavy (non-hydrogen) atoms. The van der Waals surface area contributed by atoms with Gasteiger partial charge in [-0.1, -0.05) is 6.92 Å². The van der Waals surface area contributed by atoms with E-state index < -0.39 is 11.7 Å². The third kappa shape index (κ3) is 5.22. The summed E-state index contributed by atoms with van der Waals surface area (Å²) in [5.74, 6) is 0.168. The first-order valence-electron chi connectivity index (χ1n) is 11.4. The first-order valence-corrected chi connectivity index (χ1v) is 11.4. The van der Waals surface area contributed by atoms with E-state index in [9.17, 15) is 23.1 Å². The Morgan fingerprint density at radius 1 is 1.15 bits per heavy atom. The molecular formula is C23H30F3N5O2. The lowest BCUT2D eigenvalue weighted by Gasteiger charge is -2.40. The van der Waals surface area contributed by atoms with E-state index in [0.717, 1.165) is 12.5 Å². The van der Waals surface area contributed by atoms with Crippen LogP contribution in [0.1, 0.15) is 38.7 Å². The molecule has 10 heteroatoms. The highest BCUT2D eigenvalue weighted by Crippen LogP contribution is 2.37. The van der Waals surface area contributed by atoms with E-state index in [-0.39, 0.29) is 41.0 Å². The molecule has 0 bridgehead atoms. The van der Waals surface area contributed by atoms with Gasteiger partial charge in [0.25, 0.3) is 0 Å². The van der Waals surface area contributed by atoms with E-state index in [1.165, 1.54) is 18.5 Å². The van der Waals surface area contributed by atoms with Gasteiger partial charge < -0.3 is 15.3 Å². The number of halogens is 3. The van der Waals surface area contributed by atoms with Gasteiger partial charge in [-0.3, -0.25) is 19.7 Å². The van der Waals surface area contributed by atoms with Gasteiger partial charge in [0.2, 0.25) is 5.91 Å². The van der Waals surface area contributed by atoms with Gasteiger partial charge in [0.1, 0.15) is 11.0 Å². The van der Waals surface area contributed by atoms with Crippen LogP contribution in [0.25, 0.3) is 11.0 Å². The number of fused-ring (bicyclic) bond motifs is 1. The van der Waals surface area contributed by atoms with Crippen molar-refractivity contribution in [1.29, 1.82) is 0 Å². The van der Waals surface area contributed by atoms with Crippen molar-refractivity contribution in [2.45, 2.75) is 57.5 Å². The van der Waals surface area contributed by atoms with Crippen LogP contribution in [0.4, 0.5) is 18.9 Å². The predicted octanol–water partition coefficient (Wildman–Crippen LogP) is 2.82. The van der Waals surface area contributed by atoms with Crippen LogP contribution in [0.2, 0.25) is 0 Å². The molecule has 2 fully saturated rings. The highest BCUT2D eigenvalue weighted by molar-refractivity contribution is 5.91. The first-order chi connectivity index (χ1) is 15.6. The molecule has 4 rings (SSSR count). The molecule has 1 aromatic carbocycles. The molecule has 0 aliphatic carbocycles. The van der Waals surface area contributed by atoms with Crippen molar-refractivity contribution in [2.24, 2.45) is 5.92 Å². The molecule has 2 aromatic rings. The Labute approximate surface area is 191 Å². The summed E-state index contributed by atoms with van der Waals surface area (Å²) in [5, 5.41) is 12.8. The van der Waals surface area contributed by atoms with Crippen molar-refractivity contribution in [3.63, 3.8) is 0 Å². The van der Waals surface area contributed by atoms with E-state index in [2.05, 4.69) is 27.1 Å². The Bertz CT molecular complexity index is 994. The average Bonchev–Trinajstić information content (AvgIpc) is 2.77. The summed E-state index contributed by atoms with van der Waals surface area (Å²) in [6, 6.07) is 2.08. The normalized spacial score (nSPS) is 24.1. The van der Waals surface area contributed by atoms with E-state index in [1.54, 1.807) is 0 Å². The highest BCUT2D eigenvalue weighted by Gasteiger charge is 2.36. The number of carbonyl (C=O) groups excluding carboxylic acids is 1. The smallest absolute Gasteiger partial charge is 0.393 e. The Morgan fingerprint density at radius 3 is 2.48 bits per heavy atom. The number of amides is 1. The predicted molar refractivity (Wildman–Crippen MR) is 119 cm³/mol. The maximum Gasteiger partial charge on any atom is 0.418 e. The van der Waals surface area contributed by atoms with Crippen LogP contribution >= 0.6 is 0 Å². The number of benzene rings is 1. The number of nitrogens with one attached hydrogen (secondary N) is 1. The highest BCUT2D eigenvalue weighted by atomic mass is 19.4. The molecule has 1 unspecified atom stereocenters. The summed E-state index contributed by atoms with van der Waals surface area (Å²) < 4.78 is 40.4. The van der Waals surface area contributed by atoms with Crippen LogP contribution in [-0.4, -0.2) is 70.2 Å². The third-order valence-corrected chi connectivity index (χ3v) is 6.68. The summed E-state index contributed by atoms with van der Waals surface area (Å²) in [4.78, 5) is 25.2. The number of rotatable bonds is 4. The Hall–Kier alpha value is -2.46. The largest absolute Gasteiger partial charge is 0.418 e. The second kappa shape index (κ2) is 9.42. The maximum atomic E-state index is 13.5. The number of anilines is 1. The van der Waals surface area contributed by atoms with Crippen LogP contribution in [0.3, 0.4) is 0 Å². The second-order valence-electron chi connectivity index (χ2n) is 9.28. The average molecular weight is 466 g/mol. The Kier molecular flexibility index (Phi) is 6.76. The van der Waals surface area contributed by atoms with Crippen molar-refractivity contribution in [3.8, 4) is 0 Å². The number of nitrogens with zero attached hydrogens (tertiary/aromatic N) is 4. The number of hydrogen-bond acceptors (Lipinski definition) is 6. The number of aliphatic hydroxyl groups is 1. The van der Waals surface area contributed by atoms with Gasteiger partial charge in [-0.25, -0.2) is 0 Å². The van der Waals surface area contributed by atoms with Crippen LogP contribution in [0.5, 0.6) is 0 Å². The van der Waals surface area contributed by atoms with Gasteiger partial charge in [0, 0.05) is 44.6 Å². The molecule has 0 radical (unpaired) electrons. The fourth-order valence-corrected chi connectivity index (χ4v) is 4.94. The molecule has 180 valence electrons. The molecule has 1 aromatic heterocycles. The zero-order chi connectivity index (χ0) is 23.8. The fraction of sp³-hybridized carbons (Fsp3) is 0.609. The fourth-order valence-electron chi connectivity index (χ4n) is 4.94. The molecule has 3 atom stereocenters. The van der Waals surface area contributed by atoms with Gasteiger partial charge >= 0.3 is 6.18 Å². The summed E-state index contributed by atoms with van der Waals surface area (Å²) in [5.41, 5.74) is -0.159. The monoisotopic (exact) mass is 465 g/mol. The number of aromatic nitrogens is 2. The number of carbonyl (C=O) groups is 1. The molecule has 0 saturated carbocycles. The lowest BCUT2D eigenvalue weighted by molar-refractivity contribution is -0.136. The van der Waals surface area contributed by atoms with Crippen molar-refractivity contribution in [2.75, 3.05) is 31.1 Å². The summed E-state index contributed by atoms with van der Waals surface area (Å²) >= 11 is 0. The van der Waals surface area contributed by atoms with Crippen LogP contribution in [0.15, 0.2) is 24.5 Å². The van der Waals surface area contributed by atoms with Crippen molar-refractivity contribution < 1.29 is 23.1 Å². The summed E-state index contributed by atoms with van der Waals surface area (Å²) in [6.45, 7) is 6.44. The maximum absolute atomic E-state index is 13.5. The SMILES string of the molecule is CC(C(=O)N[C@@H]1C[C@H](C)CN(c2ccc(C(F)(F)F)c3nccnc23)C1)N1CCC(O)CC1. The minimum Gasteiger partial charge on any atom is -0.393 e. The zero-order valence-electron chi connectivity index (χ0n) is 18.8. The van der Waals surface area contributed by atoms with Crippen molar-refractivity contribution >= 4 is 22.6 Å². The minimum atomic E-state index is -4.51. The van der Waals surface area contributed by atoms with E-state index in [1.807, 2.05) is 11.8 Å². The number of piperidine rings is 2. The molecule has 3 heterocycles.